The molecule has 2 aromatic rings. The lowest BCUT2D eigenvalue weighted by Gasteiger charge is -2.13. The van der Waals surface area contributed by atoms with Crippen molar-refractivity contribution in [2.45, 2.75) is 11.8 Å². The Morgan fingerprint density at radius 2 is 1.64 bits per heavy atom. The molecule has 7 nitrogen and oxygen atoms in total. The molecule has 2 rings (SSSR count). The Bertz CT molecular complexity index is 920. The lowest BCUT2D eigenvalue weighted by atomic mass is 10.1. The molecule has 0 atom stereocenters. The van der Waals surface area contributed by atoms with E-state index < -0.39 is 22.0 Å². The highest BCUT2D eigenvalue weighted by molar-refractivity contribution is 7.92. The van der Waals surface area contributed by atoms with E-state index in [0.717, 1.165) is 18.7 Å². The van der Waals surface area contributed by atoms with E-state index in [4.69, 9.17) is 0 Å². The van der Waals surface area contributed by atoms with E-state index in [-0.39, 0.29) is 16.0 Å². The number of sulfonamides is 1. The van der Waals surface area contributed by atoms with E-state index in [1.54, 1.807) is 18.2 Å². The fraction of sp³-hybridized carbons (Fsp3) is 0.176. The maximum absolute atomic E-state index is 12.7. The predicted molar refractivity (Wildman–Crippen MR) is 91.1 cm³/mol. The highest BCUT2D eigenvalue weighted by Gasteiger charge is 2.25. The Morgan fingerprint density at radius 1 is 0.960 bits per heavy atom. The van der Waals surface area contributed by atoms with Crippen LogP contribution in [0, 0.1) is 6.92 Å². The number of methoxy groups -OCH3 is 2. The van der Waals surface area contributed by atoms with Gasteiger partial charge in [0.2, 0.25) is 0 Å². The van der Waals surface area contributed by atoms with Crippen molar-refractivity contribution in [1.29, 1.82) is 0 Å². The number of hydrogen-bond acceptors (Lipinski definition) is 6. The maximum Gasteiger partial charge on any atom is 0.339 e. The molecule has 132 valence electrons. The second-order valence-corrected chi connectivity index (χ2v) is 6.82. The van der Waals surface area contributed by atoms with Crippen LogP contribution in [0.25, 0.3) is 0 Å². The minimum atomic E-state index is -4.14. The Hall–Kier alpha value is -2.87. The molecule has 8 heteroatoms. The monoisotopic (exact) mass is 363 g/mol. The number of anilines is 1. The summed E-state index contributed by atoms with van der Waals surface area (Å²) >= 11 is 0. The first kappa shape index (κ1) is 18.5. The third-order valence-corrected chi connectivity index (χ3v) is 4.79. The van der Waals surface area contributed by atoms with Crippen LogP contribution in [0.4, 0.5) is 5.69 Å². The zero-order chi connectivity index (χ0) is 18.6. The molecule has 0 spiro atoms. The average molecular weight is 363 g/mol. The van der Waals surface area contributed by atoms with Crippen LogP contribution in [0.2, 0.25) is 0 Å². The fourth-order valence-corrected chi connectivity index (χ4v) is 3.46. The Kier molecular flexibility index (Phi) is 5.43. The van der Waals surface area contributed by atoms with E-state index >= 15 is 0 Å². The summed E-state index contributed by atoms with van der Waals surface area (Å²) in [5.74, 6) is -1.55. The lowest BCUT2D eigenvalue weighted by molar-refractivity contribution is 0.0583. The first-order valence-electron chi connectivity index (χ1n) is 7.18. The topological polar surface area (TPSA) is 98.8 Å². The molecule has 25 heavy (non-hydrogen) atoms. The number of nitrogens with one attached hydrogen (secondary N) is 1. The maximum atomic E-state index is 12.7. The normalized spacial score (nSPS) is 10.8. The summed E-state index contributed by atoms with van der Waals surface area (Å²) in [5.41, 5.74) is 1.01. The van der Waals surface area contributed by atoms with Crippen molar-refractivity contribution in [2.24, 2.45) is 0 Å². The van der Waals surface area contributed by atoms with Crippen LogP contribution in [0.1, 0.15) is 26.3 Å². The van der Waals surface area contributed by atoms with E-state index in [2.05, 4.69) is 14.2 Å². The summed E-state index contributed by atoms with van der Waals surface area (Å²) in [5, 5.41) is 0. The molecule has 0 saturated carbocycles. The summed E-state index contributed by atoms with van der Waals surface area (Å²) in [6.07, 6.45) is 0. The molecule has 0 radical (unpaired) electrons. The number of hydrogen-bond donors (Lipinski definition) is 1. The van der Waals surface area contributed by atoms with Gasteiger partial charge in [-0.2, -0.15) is 0 Å². The van der Waals surface area contributed by atoms with E-state index in [9.17, 15) is 18.0 Å². The second kappa shape index (κ2) is 7.35. The average Bonchev–Trinajstić information content (AvgIpc) is 2.59. The van der Waals surface area contributed by atoms with Gasteiger partial charge in [-0.1, -0.05) is 12.1 Å². The van der Waals surface area contributed by atoms with Crippen molar-refractivity contribution in [3.05, 3.63) is 59.2 Å². The highest BCUT2D eigenvalue weighted by Crippen LogP contribution is 2.23. The molecular formula is C17H17NO6S. The van der Waals surface area contributed by atoms with Gasteiger partial charge in [0, 0.05) is 5.69 Å². The first-order chi connectivity index (χ1) is 11.8. The molecule has 0 amide bonds. The van der Waals surface area contributed by atoms with Gasteiger partial charge >= 0.3 is 11.9 Å². The van der Waals surface area contributed by atoms with Crippen LogP contribution >= 0.6 is 0 Å². The fourth-order valence-electron chi connectivity index (χ4n) is 2.19. The second-order valence-electron chi connectivity index (χ2n) is 5.17. The zero-order valence-electron chi connectivity index (χ0n) is 13.9. The number of carbonyl (C=O) groups is 2. The van der Waals surface area contributed by atoms with E-state index in [1.165, 1.54) is 19.2 Å². The number of benzene rings is 2. The minimum Gasteiger partial charge on any atom is -0.465 e. The number of rotatable bonds is 5. The van der Waals surface area contributed by atoms with Gasteiger partial charge in [0.05, 0.1) is 25.3 Å². The molecule has 0 unspecified atom stereocenters. The summed E-state index contributed by atoms with van der Waals surface area (Å²) in [4.78, 5) is 23.2. The summed E-state index contributed by atoms with van der Waals surface area (Å²) in [7, 11) is -1.82. The van der Waals surface area contributed by atoms with E-state index in [1.807, 2.05) is 13.0 Å². The molecule has 2 aromatic carbocycles. The lowest BCUT2D eigenvalue weighted by Crippen LogP contribution is -2.18. The molecule has 0 saturated heterocycles. The van der Waals surface area contributed by atoms with Crippen LogP contribution < -0.4 is 4.72 Å². The Labute approximate surface area is 145 Å². The number of ether oxygens (including phenoxy) is 2. The third kappa shape index (κ3) is 4.16. The van der Waals surface area contributed by atoms with Gasteiger partial charge < -0.3 is 9.47 Å². The molecule has 0 heterocycles. The quantitative estimate of drug-likeness (QED) is 0.819. The summed E-state index contributed by atoms with van der Waals surface area (Å²) in [6, 6.07) is 10.3. The largest absolute Gasteiger partial charge is 0.465 e. The SMILES string of the molecule is COC(=O)c1ccc(C(=O)OC)c(S(=O)(=O)Nc2cccc(C)c2)c1. The molecule has 0 aliphatic carbocycles. The standard InChI is InChI=1S/C17H17NO6S/c1-11-5-4-6-13(9-11)18-25(21,22)15-10-12(16(19)23-2)7-8-14(15)17(20)24-3/h4-10,18H,1-3H3. The molecule has 0 aliphatic rings. The Balaban J connectivity index is 2.56. The predicted octanol–water partition coefficient (Wildman–Crippen LogP) is 2.37. The van der Waals surface area contributed by atoms with Gasteiger partial charge in [0.1, 0.15) is 4.90 Å². The molecular weight excluding hydrogens is 346 g/mol. The van der Waals surface area contributed by atoms with Crippen molar-refractivity contribution in [2.75, 3.05) is 18.9 Å². The first-order valence-corrected chi connectivity index (χ1v) is 8.67. The molecule has 0 fully saturated rings. The van der Waals surface area contributed by atoms with Crippen LogP contribution in [-0.4, -0.2) is 34.6 Å². The molecule has 0 aromatic heterocycles. The summed E-state index contributed by atoms with van der Waals surface area (Å²) in [6.45, 7) is 1.82. The number of aryl methyl sites for hydroxylation is 1. The van der Waals surface area contributed by atoms with Crippen molar-refractivity contribution >= 4 is 27.6 Å². The van der Waals surface area contributed by atoms with Gasteiger partial charge in [-0.15, -0.1) is 0 Å². The Morgan fingerprint density at radius 3 is 2.24 bits per heavy atom. The van der Waals surface area contributed by atoms with Crippen molar-refractivity contribution < 1.29 is 27.5 Å². The summed E-state index contributed by atoms with van der Waals surface area (Å²) < 4.78 is 37.1. The van der Waals surface area contributed by atoms with Crippen LogP contribution in [0.15, 0.2) is 47.4 Å². The van der Waals surface area contributed by atoms with Gasteiger partial charge in [-0.05, 0) is 42.8 Å². The van der Waals surface area contributed by atoms with Gasteiger partial charge in [-0.3, -0.25) is 4.72 Å². The molecule has 0 aliphatic heterocycles. The smallest absolute Gasteiger partial charge is 0.339 e. The van der Waals surface area contributed by atoms with Crippen molar-refractivity contribution in [1.82, 2.24) is 0 Å². The van der Waals surface area contributed by atoms with Crippen molar-refractivity contribution in [3.8, 4) is 0 Å². The molecule has 0 bridgehead atoms. The van der Waals surface area contributed by atoms with Gasteiger partial charge in [0.15, 0.2) is 0 Å². The highest BCUT2D eigenvalue weighted by atomic mass is 32.2. The zero-order valence-corrected chi connectivity index (χ0v) is 14.7. The van der Waals surface area contributed by atoms with Crippen LogP contribution in [0.5, 0.6) is 0 Å². The minimum absolute atomic E-state index is 0.000213. The van der Waals surface area contributed by atoms with Crippen molar-refractivity contribution in [3.63, 3.8) is 0 Å². The van der Waals surface area contributed by atoms with Gasteiger partial charge in [-0.25, -0.2) is 18.0 Å². The number of esters is 2. The molecule has 1 N–H and O–H groups in total. The van der Waals surface area contributed by atoms with Gasteiger partial charge in [0.25, 0.3) is 10.0 Å². The van der Waals surface area contributed by atoms with E-state index in [0.29, 0.717) is 5.69 Å². The van der Waals surface area contributed by atoms with Crippen LogP contribution in [-0.2, 0) is 19.5 Å². The van der Waals surface area contributed by atoms with Crippen LogP contribution in [0.3, 0.4) is 0 Å². The third-order valence-electron chi connectivity index (χ3n) is 3.37. The number of carbonyl (C=O) groups excluding carboxylic acids is 2.